The predicted molar refractivity (Wildman–Crippen MR) is 108 cm³/mol. The molecule has 160 valence electrons. The Balaban J connectivity index is 1.34. The van der Waals surface area contributed by atoms with Crippen LogP contribution in [0.4, 0.5) is 13.2 Å². The van der Waals surface area contributed by atoms with Crippen LogP contribution in [0.15, 0.2) is 24.3 Å². The van der Waals surface area contributed by atoms with Gasteiger partial charge in [-0.3, -0.25) is 4.74 Å². The molecule has 3 aliphatic carbocycles. The Kier molecular flexibility index (Phi) is 8.08. The first-order valence-corrected chi connectivity index (χ1v) is 11.5. The number of rotatable bonds is 5. The molecule has 3 aliphatic rings. The highest BCUT2D eigenvalue weighted by Crippen LogP contribution is 2.42. The van der Waals surface area contributed by atoms with E-state index in [0.717, 1.165) is 30.6 Å². The molecule has 0 aliphatic heterocycles. The fraction of sp³-hybridized carbons (Fsp3) is 0.833. The molecule has 0 spiro atoms. The van der Waals surface area contributed by atoms with Crippen LogP contribution < -0.4 is 0 Å². The lowest BCUT2D eigenvalue weighted by Gasteiger charge is -2.37. The monoisotopic (exact) mass is 398 g/mol. The third kappa shape index (κ3) is 6.93. The van der Waals surface area contributed by atoms with Gasteiger partial charge in [0.2, 0.25) is 0 Å². The quantitative estimate of drug-likeness (QED) is 0.429. The molecule has 0 aromatic carbocycles. The lowest BCUT2D eigenvalue weighted by atomic mass is 9.70. The molecule has 3 saturated carbocycles. The molecule has 0 bridgehead atoms. The van der Waals surface area contributed by atoms with Gasteiger partial charge in [0.1, 0.15) is 0 Å². The van der Waals surface area contributed by atoms with Crippen molar-refractivity contribution in [3.63, 3.8) is 0 Å². The second kappa shape index (κ2) is 10.3. The van der Waals surface area contributed by atoms with Crippen LogP contribution in [0, 0.1) is 29.6 Å². The first-order chi connectivity index (χ1) is 13.4. The summed E-state index contributed by atoms with van der Waals surface area (Å²) >= 11 is 0. The average Bonchev–Trinajstić information content (AvgIpc) is 2.68. The van der Waals surface area contributed by atoms with E-state index in [1.165, 1.54) is 51.4 Å². The fourth-order valence-electron chi connectivity index (χ4n) is 5.79. The summed E-state index contributed by atoms with van der Waals surface area (Å²) in [5, 5.41) is 0. The molecule has 0 N–H and O–H groups in total. The molecule has 0 amide bonds. The van der Waals surface area contributed by atoms with E-state index < -0.39 is 12.5 Å². The molecule has 3 rings (SSSR count). The molecule has 0 saturated heterocycles. The van der Waals surface area contributed by atoms with Crippen molar-refractivity contribution in [1.29, 1.82) is 0 Å². The van der Waals surface area contributed by atoms with Crippen LogP contribution in [0.3, 0.4) is 0 Å². The van der Waals surface area contributed by atoms with Crippen LogP contribution >= 0.6 is 0 Å². The maximum Gasteiger partial charge on any atom is 0.522 e. The molecule has 3 fully saturated rings. The topological polar surface area (TPSA) is 9.23 Å². The lowest BCUT2D eigenvalue weighted by Crippen LogP contribution is -2.31. The zero-order chi connectivity index (χ0) is 20.0. The zero-order valence-electron chi connectivity index (χ0n) is 17.3. The van der Waals surface area contributed by atoms with Gasteiger partial charge in [-0.25, -0.2) is 0 Å². The molecule has 1 nitrogen and oxygen atoms in total. The van der Waals surface area contributed by atoms with Gasteiger partial charge < -0.3 is 0 Å². The van der Waals surface area contributed by atoms with Crippen LogP contribution in [0.1, 0.15) is 84.0 Å². The smallest absolute Gasteiger partial charge is 0.289 e. The number of alkyl halides is 3. The molecule has 0 radical (unpaired) electrons. The van der Waals surface area contributed by atoms with Crippen LogP contribution in [0.2, 0.25) is 0 Å². The Bertz CT molecular complexity index is 500. The summed E-state index contributed by atoms with van der Waals surface area (Å²) in [5.74, 6) is 3.60. The van der Waals surface area contributed by atoms with Crippen molar-refractivity contribution in [3.05, 3.63) is 24.3 Å². The maximum atomic E-state index is 12.4. The standard InChI is InChI=1S/C24H37F3O/c1-2-3-18-4-6-19(7-5-18)8-9-20-10-12-21(13-11-20)22-14-16-23(17-15-22)28-24(25,26)27/h2-3,8-9,18-23H,4-7,10-17H2,1H3/b3-2+,9-8+. The molecular weight excluding hydrogens is 361 g/mol. The van der Waals surface area contributed by atoms with E-state index >= 15 is 0 Å². The third-order valence-corrected chi connectivity index (χ3v) is 7.44. The van der Waals surface area contributed by atoms with Gasteiger partial charge in [-0.2, -0.15) is 0 Å². The summed E-state index contributed by atoms with van der Waals surface area (Å²) in [6.45, 7) is 2.12. The van der Waals surface area contributed by atoms with E-state index in [0.29, 0.717) is 24.7 Å². The molecule has 0 heterocycles. The van der Waals surface area contributed by atoms with E-state index in [-0.39, 0.29) is 0 Å². The summed E-state index contributed by atoms with van der Waals surface area (Å²) in [6.07, 6.45) is 17.7. The van der Waals surface area contributed by atoms with Crippen LogP contribution in [-0.2, 0) is 4.74 Å². The van der Waals surface area contributed by atoms with Gasteiger partial charge in [0.15, 0.2) is 0 Å². The molecule has 0 unspecified atom stereocenters. The summed E-state index contributed by atoms with van der Waals surface area (Å²) in [7, 11) is 0. The van der Waals surface area contributed by atoms with E-state index in [1.807, 2.05) is 0 Å². The van der Waals surface area contributed by atoms with E-state index in [1.54, 1.807) is 0 Å². The summed E-state index contributed by atoms with van der Waals surface area (Å²) in [4.78, 5) is 0. The minimum absolute atomic E-state index is 0.569. The van der Waals surface area contributed by atoms with Gasteiger partial charge in [-0.05, 0) is 114 Å². The highest BCUT2D eigenvalue weighted by molar-refractivity contribution is 4.98. The van der Waals surface area contributed by atoms with Crippen molar-refractivity contribution in [2.75, 3.05) is 0 Å². The number of halogens is 3. The number of allylic oxidation sites excluding steroid dienone is 4. The van der Waals surface area contributed by atoms with E-state index in [4.69, 9.17) is 0 Å². The third-order valence-electron chi connectivity index (χ3n) is 7.44. The highest BCUT2D eigenvalue weighted by Gasteiger charge is 2.37. The first kappa shape index (κ1) is 21.9. The largest absolute Gasteiger partial charge is 0.522 e. The van der Waals surface area contributed by atoms with Crippen molar-refractivity contribution < 1.29 is 17.9 Å². The van der Waals surface area contributed by atoms with Gasteiger partial charge in [0.05, 0.1) is 6.10 Å². The van der Waals surface area contributed by atoms with Crippen LogP contribution in [0.25, 0.3) is 0 Å². The minimum Gasteiger partial charge on any atom is -0.289 e. The lowest BCUT2D eigenvalue weighted by molar-refractivity contribution is -0.346. The van der Waals surface area contributed by atoms with E-state index in [2.05, 4.69) is 36.0 Å². The normalized spacial score (nSPS) is 38.3. The Labute approximate surface area is 168 Å². The summed E-state index contributed by atoms with van der Waals surface area (Å²) in [5.41, 5.74) is 0. The first-order valence-electron chi connectivity index (χ1n) is 11.5. The number of ether oxygens (including phenoxy) is 1. The van der Waals surface area contributed by atoms with Gasteiger partial charge >= 0.3 is 6.36 Å². The number of hydrogen-bond donors (Lipinski definition) is 0. The van der Waals surface area contributed by atoms with Gasteiger partial charge in [0, 0.05) is 0 Å². The molecule has 0 aromatic rings. The fourth-order valence-corrected chi connectivity index (χ4v) is 5.79. The van der Waals surface area contributed by atoms with Gasteiger partial charge in [-0.1, -0.05) is 24.3 Å². The Morgan fingerprint density at radius 1 is 0.607 bits per heavy atom. The second-order valence-corrected chi connectivity index (χ2v) is 9.36. The van der Waals surface area contributed by atoms with Crippen LogP contribution in [-0.4, -0.2) is 12.5 Å². The second-order valence-electron chi connectivity index (χ2n) is 9.36. The molecule has 4 heteroatoms. The number of hydrogen-bond acceptors (Lipinski definition) is 1. The molecule has 0 atom stereocenters. The van der Waals surface area contributed by atoms with Gasteiger partial charge in [-0.15, -0.1) is 13.2 Å². The summed E-state index contributed by atoms with van der Waals surface area (Å²) < 4.78 is 41.3. The van der Waals surface area contributed by atoms with Crippen molar-refractivity contribution >= 4 is 0 Å². The molecule has 0 aromatic heterocycles. The maximum absolute atomic E-state index is 12.4. The highest BCUT2D eigenvalue weighted by atomic mass is 19.4. The van der Waals surface area contributed by atoms with Crippen LogP contribution in [0.5, 0.6) is 0 Å². The average molecular weight is 399 g/mol. The van der Waals surface area contributed by atoms with Crippen molar-refractivity contribution in [1.82, 2.24) is 0 Å². The van der Waals surface area contributed by atoms with Crippen molar-refractivity contribution in [2.24, 2.45) is 29.6 Å². The van der Waals surface area contributed by atoms with Crippen molar-refractivity contribution in [3.8, 4) is 0 Å². The van der Waals surface area contributed by atoms with E-state index in [9.17, 15) is 13.2 Å². The SMILES string of the molecule is C/C=C/C1CCC(/C=C/C2CCC(C3CCC(OC(F)(F)F)CC3)CC2)CC1. The van der Waals surface area contributed by atoms with Gasteiger partial charge in [0.25, 0.3) is 0 Å². The predicted octanol–water partition coefficient (Wildman–Crippen LogP) is 7.83. The summed E-state index contributed by atoms with van der Waals surface area (Å²) in [6, 6.07) is 0. The minimum atomic E-state index is -4.48. The Morgan fingerprint density at radius 2 is 1.00 bits per heavy atom. The molecule has 28 heavy (non-hydrogen) atoms. The van der Waals surface area contributed by atoms with Crippen molar-refractivity contribution in [2.45, 2.75) is 96.4 Å². The Hall–Kier alpha value is -0.770. The zero-order valence-corrected chi connectivity index (χ0v) is 17.3. The molecular formula is C24H37F3O. The Morgan fingerprint density at radius 3 is 1.43 bits per heavy atom.